The maximum Gasteiger partial charge on any atom is 0.186 e. The van der Waals surface area contributed by atoms with Gasteiger partial charge in [0.15, 0.2) is 5.43 Å². The Hall–Kier alpha value is -1.13. The third kappa shape index (κ3) is 3.68. The summed E-state index contributed by atoms with van der Waals surface area (Å²) in [6, 6.07) is 2.08. The zero-order valence-corrected chi connectivity index (χ0v) is 11.3. The first-order valence-electron chi connectivity index (χ1n) is 6.79. The van der Waals surface area contributed by atoms with Gasteiger partial charge in [0.25, 0.3) is 0 Å². The van der Waals surface area contributed by atoms with Crippen LogP contribution < -0.4 is 10.7 Å². The lowest BCUT2D eigenvalue weighted by molar-refractivity contribution is 0.298. The predicted octanol–water partition coefficient (Wildman–Crippen LogP) is 1.26. The number of aromatic amines is 1. The molecule has 18 heavy (non-hydrogen) atoms. The average molecular weight is 249 g/mol. The monoisotopic (exact) mass is 249 g/mol. The molecule has 4 heteroatoms. The molecular weight excluding hydrogens is 226 g/mol. The third-order valence-electron chi connectivity index (χ3n) is 3.51. The summed E-state index contributed by atoms with van der Waals surface area (Å²) in [5.74, 6) is 0. The van der Waals surface area contributed by atoms with Crippen LogP contribution in [0.4, 0.5) is 0 Å². The summed E-state index contributed by atoms with van der Waals surface area (Å²) in [4.78, 5) is 17.3. The van der Waals surface area contributed by atoms with Gasteiger partial charge in [-0.05, 0) is 39.8 Å². The van der Waals surface area contributed by atoms with E-state index in [0.29, 0.717) is 12.6 Å². The summed E-state index contributed by atoms with van der Waals surface area (Å²) in [5, 5.41) is 3.42. The van der Waals surface area contributed by atoms with E-state index in [4.69, 9.17) is 0 Å². The quantitative estimate of drug-likeness (QED) is 0.826. The van der Waals surface area contributed by atoms with Crippen molar-refractivity contribution in [2.75, 3.05) is 19.6 Å². The number of nitrogens with one attached hydrogen (secondary N) is 2. The fourth-order valence-electron chi connectivity index (χ4n) is 2.44. The van der Waals surface area contributed by atoms with Gasteiger partial charge in [-0.25, -0.2) is 0 Å². The van der Waals surface area contributed by atoms with E-state index >= 15 is 0 Å². The van der Waals surface area contributed by atoms with Gasteiger partial charge >= 0.3 is 0 Å². The van der Waals surface area contributed by atoms with Crippen molar-refractivity contribution in [3.05, 3.63) is 33.7 Å². The highest BCUT2D eigenvalue weighted by Crippen LogP contribution is 2.07. The molecule has 0 amide bonds. The molecule has 1 unspecified atom stereocenters. The molecule has 2 heterocycles. The number of nitrogens with zero attached hydrogens (tertiary/aromatic N) is 1. The lowest BCUT2D eigenvalue weighted by atomic mass is 10.2. The number of hydrogen-bond acceptors (Lipinski definition) is 3. The molecule has 0 aromatic carbocycles. The van der Waals surface area contributed by atoms with Crippen molar-refractivity contribution < 1.29 is 0 Å². The number of hydrogen-bond donors (Lipinski definition) is 2. The molecule has 100 valence electrons. The first-order chi connectivity index (χ1) is 8.65. The molecule has 0 aliphatic carbocycles. The summed E-state index contributed by atoms with van der Waals surface area (Å²) in [6.45, 7) is 8.23. The lowest BCUT2D eigenvalue weighted by Gasteiger charge is -2.21. The molecule has 1 atom stereocenters. The zero-order chi connectivity index (χ0) is 13.0. The normalized spacial score (nSPS) is 18.1. The van der Waals surface area contributed by atoms with E-state index in [2.05, 4.69) is 22.1 Å². The van der Waals surface area contributed by atoms with Crippen LogP contribution in [0.1, 0.15) is 31.0 Å². The van der Waals surface area contributed by atoms with E-state index in [1.54, 1.807) is 6.07 Å². The van der Waals surface area contributed by atoms with Crippen molar-refractivity contribution in [2.45, 2.75) is 39.3 Å². The lowest BCUT2D eigenvalue weighted by Crippen LogP contribution is -2.38. The smallest absolute Gasteiger partial charge is 0.186 e. The molecule has 0 spiro atoms. The van der Waals surface area contributed by atoms with Crippen molar-refractivity contribution in [1.82, 2.24) is 15.2 Å². The van der Waals surface area contributed by atoms with Gasteiger partial charge in [-0.15, -0.1) is 0 Å². The number of H-pyrrole nitrogens is 1. The van der Waals surface area contributed by atoms with E-state index in [0.717, 1.165) is 17.8 Å². The summed E-state index contributed by atoms with van der Waals surface area (Å²) >= 11 is 0. The van der Waals surface area contributed by atoms with Crippen molar-refractivity contribution in [1.29, 1.82) is 0 Å². The Morgan fingerprint density at radius 2 is 2.17 bits per heavy atom. The zero-order valence-electron chi connectivity index (χ0n) is 11.3. The van der Waals surface area contributed by atoms with Crippen LogP contribution in [0.5, 0.6) is 0 Å². The molecule has 1 aromatic rings. The molecule has 1 aromatic heterocycles. The second-order valence-electron chi connectivity index (χ2n) is 5.30. The number of rotatable bonds is 5. The fraction of sp³-hybridized carbons (Fsp3) is 0.643. The topological polar surface area (TPSA) is 48.1 Å². The summed E-state index contributed by atoms with van der Waals surface area (Å²) in [6.07, 6.45) is 4.46. The van der Waals surface area contributed by atoms with Gasteiger partial charge in [0.05, 0.1) is 0 Å². The van der Waals surface area contributed by atoms with E-state index in [-0.39, 0.29) is 5.43 Å². The second kappa shape index (κ2) is 6.16. The van der Waals surface area contributed by atoms with Gasteiger partial charge in [-0.2, -0.15) is 0 Å². The Morgan fingerprint density at radius 3 is 2.83 bits per heavy atom. The predicted molar refractivity (Wildman–Crippen MR) is 73.8 cm³/mol. The molecule has 4 nitrogen and oxygen atoms in total. The first kappa shape index (κ1) is 13.3. The number of aromatic nitrogens is 1. The molecule has 2 rings (SSSR count). The Kier molecular flexibility index (Phi) is 4.55. The SMILES string of the molecule is Cc1cc(=O)c(CNC(C)CN2CCCC2)c[nH]1. The van der Waals surface area contributed by atoms with Gasteiger partial charge in [-0.1, -0.05) is 0 Å². The van der Waals surface area contributed by atoms with Gasteiger partial charge in [0.2, 0.25) is 0 Å². The summed E-state index contributed by atoms with van der Waals surface area (Å²) in [7, 11) is 0. The molecule has 2 N–H and O–H groups in total. The average Bonchev–Trinajstić information content (AvgIpc) is 2.80. The highest BCUT2D eigenvalue weighted by molar-refractivity contribution is 5.13. The van der Waals surface area contributed by atoms with E-state index < -0.39 is 0 Å². The third-order valence-corrected chi connectivity index (χ3v) is 3.51. The van der Waals surface area contributed by atoms with Gasteiger partial charge in [0, 0.05) is 42.7 Å². The standard InChI is InChI=1S/C14H23N3O/c1-11-7-14(18)13(8-15-11)9-16-12(2)10-17-5-3-4-6-17/h7-8,12,16H,3-6,9-10H2,1-2H3,(H,15,18). The molecule has 0 saturated carbocycles. The van der Waals surface area contributed by atoms with Crippen LogP contribution in [0.3, 0.4) is 0 Å². The highest BCUT2D eigenvalue weighted by atomic mass is 16.1. The number of aryl methyl sites for hydroxylation is 1. The van der Waals surface area contributed by atoms with Crippen molar-refractivity contribution in [3.8, 4) is 0 Å². The Balaban J connectivity index is 1.81. The first-order valence-corrected chi connectivity index (χ1v) is 6.79. The molecular formula is C14H23N3O. The van der Waals surface area contributed by atoms with Crippen LogP contribution in [0.15, 0.2) is 17.1 Å². The Labute approximate surface area is 108 Å². The fourth-order valence-corrected chi connectivity index (χ4v) is 2.44. The Bertz CT molecular complexity index is 435. The number of likely N-dealkylation sites (tertiary alicyclic amines) is 1. The van der Waals surface area contributed by atoms with Crippen LogP contribution in [-0.2, 0) is 6.54 Å². The van der Waals surface area contributed by atoms with E-state index in [9.17, 15) is 4.79 Å². The molecule has 1 saturated heterocycles. The Morgan fingerprint density at radius 1 is 1.44 bits per heavy atom. The highest BCUT2D eigenvalue weighted by Gasteiger charge is 2.14. The van der Waals surface area contributed by atoms with Crippen molar-refractivity contribution in [2.24, 2.45) is 0 Å². The molecule has 1 fully saturated rings. The number of pyridine rings is 1. The summed E-state index contributed by atoms with van der Waals surface area (Å²) < 4.78 is 0. The largest absolute Gasteiger partial charge is 0.365 e. The van der Waals surface area contributed by atoms with Crippen LogP contribution in [0, 0.1) is 6.92 Å². The van der Waals surface area contributed by atoms with Crippen molar-refractivity contribution >= 4 is 0 Å². The summed E-state index contributed by atoms with van der Waals surface area (Å²) in [5.41, 5.74) is 1.84. The van der Waals surface area contributed by atoms with Gasteiger partial charge in [-0.3, -0.25) is 4.79 Å². The minimum absolute atomic E-state index is 0.118. The maximum absolute atomic E-state index is 11.7. The molecule has 0 radical (unpaired) electrons. The minimum Gasteiger partial charge on any atom is -0.365 e. The second-order valence-corrected chi connectivity index (χ2v) is 5.30. The van der Waals surface area contributed by atoms with Gasteiger partial charge < -0.3 is 15.2 Å². The molecule has 1 aliphatic rings. The maximum atomic E-state index is 11.7. The van der Waals surface area contributed by atoms with Crippen LogP contribution in [-0.4, -0.2) is 35.6 Å². The van der Waals surface area contributed by atoms with Crippen LogP contribution in [0.2, 0.25) is 0 Å². The van der Waals surface area contributed by atoms with Crippen LogP contribution in [0.25, 0.3) is 0 Å². The van der Waals surface area contributed by atoms with Gasteiger partial charge in [0.1, 0.15) is 0 Å². The van der Waals surface area contributed by atoms with Crippen molar-refractivity contribution in [3.63, 3.8) is 0 Å². The molecule has 0 bridgehead atoms. The van der Waals surface area contributed by atoms with E-state index in [1.165, 1.54) is 25.9 Å². The minimum atomic E-state index is 0.118. The molecule has 1 aliphatic heterocycles. The van der Waals surface area contributed by atoms with Crippen LogP contribution >= 0.6 is 0 Å². The van der Waals surface area contributed by atoms with E-state index in [1.807, 2.05) is 13.1 Å².